The van der Waals surface area contributed by atoms with Crippen molar-refractivity contribution < 1.29 is 27.8 Å². The Hall–Kier alpha value is -2.18. The molecule has 0 heterocycles. The highest BCUT2D eigenvalue weighted by atomic mass is 19.2. The molecule has 7 heteroatoms. The van der Waals surface area contributed by atoms with Crippen LogP contribution in [0.5, 0.6) is 0 Å². The number of alkyl carbamates (subject to hydrolysis) is 1. The third-order valence-electron chi connectivity index (χ3n) is 4.07. The van der Waals surface area contributed by atoms with Crippen molar-refractivity contribution in [3.8, 4) is 0 Å². The predicted molar refractivity (Wildman–Crippen MR) is 82.7 cm³/mol. The Bertz CT molecular complexity index is 545. The first-order chi connectivity index (χ1) is 11.5. The molecule has 1 aliphatic carbocycles. The normalized spacial score (nSPS) is 22.0. The van der Waals surface area contributed by atoms with E-state index in [-0.39, 0.29) is 31.8 Å². The highest BCUT2D eigenvalue weighted by Crippen LogP contribution is 2.33. The molecule has 1 amide bonds. The molecule has 132 valence electrons. The number of ether oxygens (including phenoxy) is 2. The Morgan fingerprint density at radius 3 is 2.42 bits per heavy atom. The molecule has 1 N–H and O–H groups in total. The molecule has 1 aromatic rings. The van der Waals surface area contributed by atoms with Crippen molar-refractivity contribution in [2.75, 3.05) is 7.11 Å². The zero-order valence-corrected chi connectivity index (χ0v) is 13.4. The van der Waals surface area contributed by atoms with Crippen LogP contribution in [0.1, 0.15) is 24.8 Å². The summed E-state index contributed by atoms with van der Waals surface area (Å²) in [6.45, 7) is 0.0586. The Morgan fingerprint density at radius 1 is 1.21 bits per heavy atom. The monoisotopic (exact) mass is 341 g/mol. The Balaban J connectivity index is 1.86. The molecule has 0 unspecified atom stereocenters. The number of hydrogen-bond acceptors (Lipinski definition) is 4. The van der Waals surface area contributed by atoms with Crippen LogP contribution >= 0.6 is 0 Å². The number of carbonyl (C=O) groups is 2. The van der Waals surface area contributed by atoms with Gasteiger partial charge in [-0.3, -0.25) is 0 Å². The van der Waals surface area contributed by atoms with Crippen LogP contribution < -0.4 is 5.32 Å². The molecule has 24 heavy (non-hydrogen) atoms. The zero-order chi connectivity index (χ0) is 17.5. The molecule has 1 fully saturated rings. The van der Waals surface area contributed by atoms with Gasteiger partial charge in [0.1, 0.15) is 25.0 Å². The van der Waals surface area contributed by atoms with Gasteiger partial charge >= 0.3 is 12.1 Å². The average molecular weight is 341 g/mol. The van der Waals surface area contributed by atoms with Crippen LogP contribution in [-0.2, 0) is 20.9 Å². The van der Waals surface area contributed by atoms with E-state index in [9.17, 15) is 18.4 Å². The number of nitrogens with one attached hydrogen (secondary N) is 1. The zero-order valence-electron chi connectivity index (χ0n) is 13.4. The van der Waals surface area contributed by atoms with E-state index in [0.717, 1.165) is 5.56 Å². The largest absolute Gasteiger partial charge is 0.467 e. The van der Waals surface area contributed by atoms with Gasteiger partial charge in [-0.05, 0) is 30.7 Å². The number of alkyl halides is 2. The topological polar surface area (TPSA) is 64.6 Å². The van der Waals surface area contributed by atoms with E-state index in [4.69, 9.17) is 4.74 Å². The molecule has 3 atom stereocenters. The summed E-state index contributed by atoms with van der Waals surface area (Å²) in [6.07, 6.45) is -3.61. The lowest BCUT2D eigenvalue weighted by Gasteiger charge is -2.19. The summed E-state index contributed by atoms with van der Waals surface area (Å²) >= 11 is 0. The van der Waals surface area contributed by atoms with Crippen molar-refractivity contribution in [1.82, 2.24) is 5.32 Å². The van der Waals surface area contributed by atoms with Gasteiger partial charge in [0.05, 0.1) is 7.11 Å². The lowest BCUT2D eigenvalue weighted by Crippen LogP contribution is -2.42. The second kappa shape index (κ2) is 8.61. The molecular weight excluding hydrogens is 320 g/mol. The number of hydrogen-bond donors (Lipinski definition) is 1. The lowest BCUT2D eigenvalue weighted by molar-refractivity contribution is -0.143. The number of methoxy groups -OCH3 is 1. The molecule has 0 aromatic heterocycles. The number of benzene rings is 1. The van der Waals surface area contributed by atoms with Gasteiger partial charge in [-0.15, -0.1) is 0 Å². The smallest absolute Gasteiger partial charge is 0.408 e. The molecule has 0 aliphatic heterocycles. The molecular formula is C17H21F2NO4. The maximum atomic E-state index is 13.3. The van der Waals surface area contributed by atoms with Gasteiger partial charge in [0.15, 0.2) is 0 Å². The van der Waals surface area contributed by atoms with E-state index in [2.05, 4.69) is 10.1 Å². The van der Waals surface area contributed by atoms with E-state index in [0.29, 0.717) is 0 Å². The molecule has 1 saturated carbocycles. The standard InChI is InChI=1S/C17H21F2NO4/c1-23-16(21)15(9-12-7-13(18)14(19)8-12)20-17(22)24-10-11-5-3-2-4-6-11/h2-6,12-15H,7-10H2,1H3,(H,20,22)/t13-,14-,15-/m0/s1. The van der Waals surface area contributed by atoms with Crippen molar-refractivity contribution in [2.24, 2.45) is 5.92 Å². The molecule has 1 aromatic carbocycles. The summed E-state index contributed by atoms with van der Waals surface area (Å²) in [7, 11) is 1.19. The van der Waals surface area contributed by atoms with Crippen LogP contribution in [0.2, 0.25) is 0 Å². The fourth-order valence-electron chi connectivity index (χ4n) is 2.82. The highest BCUT2D eigenvalue weighted by molar-refractivity contribution is 5.81. The van der Waals surface area contributed by atoms with Crippen molar-refractivity contribution in [1.29, 1.82) is 0 Å². The van der Waals surface area contributed by atoms with Crippen LogP contribution in [0.15, 0.2) is 30.3 Å². The van der Waals surface area contributed by atoms with Crippen LogP contribution in [0.3, 0.4) is 0 Å². The van der Waals surface area contributed by atoms with Crippen molar-refractivity contribution in [3.05, 3.63) is 35.9 Å². The van der Waals surface area contributed by atoms with Crippen molar-refractivity contribution >= 4 is 12.1 Å². The molecule has 2 rings (SSSR count). The summed E-state index contributed by atoms with van der Waals surface area (Å²) in [5.41, 5.74) is 0.804. The number of esters is 1. The van der Waals surface area contributed by atoms with E-state index < -0.39 is 30.4 Å². The second-order valence-electron chi connectivity index (χ2n) is 5.89. The first-order valence-electron chi connectivity index (χ1n) is 7.82. The third kappa shape index (κ3) is 5.18. The SMILES string of the molecule is COC(=O)[C@H](CC1C[C@H](F)[C@@H](F)C1)NC(=O)OCc1ccccc1. The molecule has 0 bridgehead atoms. The van der Waals surface area contributed by atoms with Crippen LogP contribution in [0.4, 0.5) is 13.6 Å². The Labute approximate surface area is 139 Å². The third-order valence-corrected chi connectivity index (χ3v) is 4.07. The molecule has 0 radical (unpaired) electrons. The van der Waals surface area contributed by atoms with E-state index in [1.165, 1.54) is 7.11 Å². The summed E-state index contributed by atoms with van der Waals surface area (Å²) in [4.78, 5) is 23.7. The predicted octanol–water partition coefficient (Wildman–Crippen LogP) is 2.93. The van der Waals surface area contributed by atoms with Gasteiger partial charge in [-0.1, -0.05) is 30.3 Å². The maximum Gasteiger partial charge on any atom is 0.408 e. The van der Waals surface area contributed by atoms with Gasteiger partial charge in [-0.2, -0.15) is 0 Å². The number of carbonyl (C=O) groups excluding carboxylic acids is 2. The second-order valence-corrected chi connectivity index (χ2v) is 5.89. The first kappa shape index (κ1) is 18.2. The van der Waals surface area contributed by atoms with Crippen LogP contribution in [0.25, 0.3) is 0 Å². The Morgan fingerprint density at radius 2 is 1.83 bits per heavy atom. The minimum Gasteiger partial charge on any atom is -0.467 e. The summed E-state index contributed by atoms with van der Waals surface area (Å²) in [5.74, 6) is -0.988. The molecule has 0 saturated heterocycles. The lowest BCUT2D eigenvalue weighted by atomic mass is 9.98. The minimum absolute atomic E-state index is 0.0371. The van der Waals surface area contributed by atoms with Gasteiger partial charge < -0.3 is 14.8 Å². The average Bonchev–Trinajstić information content (AvgIpc) is 2.90. The number of rotatable bonds is 6. The highest BCUT2D eigenvalue weighted by Gasteiger charge is 2.37. The summed E-state index contributed by atoms with van der Waals surface area (Å²) < 4.78 is 36.2. The fourth-order valence-corrected chi connectivity index (χ4v) is 2.82. The molecule has 0 spiro atoms. The minimum atomic E-state index is -1.52. The molecule has 5 nitrogen and oxygen atoms in total. The van der Waals surface area contributed by atoms with Crippen LogP contribution in [0, 0.1) is 5.92 Å². The summed E-state index contributed by atoms with van der Waals surface area (Å²) in [5, 5.41) is 2.41. The van der Waals surface area contributed by atoms with Crippen molar-refractivity contribution in [3.63, 3.8) is 0 Å². The van der Waals surface area contributed by atoms with Crippen molar-refractivity contribution in [2.45, 2.75) is 44.3 Å². The van der Waals surface area contributed by atoms with E-state index in [1.54, 1.807) is 12.1 Å². The number of halogens is 2. The Kier molecular flexibility index (Phi) is 6.52. The van der Waals surface area contributed by atoms with E-state index >= 15 is 0 Å². The van der Waals surface area contributed by atoms with Gasteiger partial charge in [0.25, 0.3) is 0 Å². The quantitative estimate of drug-likeness (QED) is 0.808. The van der Waals surface area contributed by atoms with Gasteiger partial charge in [0, 0.05) is 0 Å². The van der Waals surface area contributed by atoms with Crippen LogP contribution in [-0.4, -0.2) is 37.6 Å². The van der Waals surface area contributed by atoms with E-state index in [1.807, 2.05) is 18.2 Å². The first-order valence-corrected chi connectivity index (χ1v) is 7.82. The fraction of sp³-hybridized carbons (Fsp3) is 0.529. The molecule has 1 aliphatic rings. The van der Waals surface area contributed by atoms with Gasteiger partial charge in [0.2, 0.25) is 0 Å². The van der Waals surface area contributed by atoms with Gasteiger partial charge in [-0.25, -0.2) is 18.4 Å². The summed E-state index contributed by atoms with van der Waals surface area (Å²) in [6, 6.07) is 8.08. The maximum absolute atomic E-state index is 13.3. The number of amides is 1.